The molecule has 0 aliphatic rings. The van der Waals surface area contributed by atoms with E-state index < -0.39 is 5.91 Å². The van der Waals surface area contributed by atoms with Gasteiger partial charge in [-0.05, 0) is 60.4 Å². The number of anilines is 1. The Balaban J connectivity index is 2.25. The zero-order valence-electron chi connectivity index (χ0n) is 13.4. The van der Waals surface area contributed by atoms with E-state index in [-0.39, 0.29) is 11.3 Å². The molecule has 0 heterocycles. The molecule has 0 saturated carbocycles. The van der Waals surface area contributed by atoms with Crippen LogP contribution in [0.3, 0.4) is 0 Å². The van der Waals surface area contributed by atoms with Gasteiger partial charge in [0.25, 0.3) is 5.91 Å². The molecule has 24 heavy (non-hydrogen) atoms. The van der Waals surface area contributed by atoms with E-state index in [9.17, 15) is 15.2 Å². The van der Waals surface area contributed by atoms with Crippen molar-refractivity contribution in [2.75, 3.05) is 5.32 Å². The lowest BCUT2D eigenvalue weighted by atomic mass is 10.0. The molecule has 2 rings (SSSR count). The number of nitrogens with zero attached hydrogens (tertiary/aromatic N) is 1. The van der Waals surface area contributed by atoms with Crippen LogP contribution in [0.4, 0.5) is 5.69 Å². The SMILES string of the molecule is C=CCc1cc(/C=C(/C#N)C(=O)Nc2cccc(C)c2)ccc1O. The molecule has 2 N–H and O–H groups in total. The highest BCUT2D eigenvalue weighted by Crippen LogP contribution is 2.21. The van der Waals surface area contributed by atoms with Crippen LogP contribution in [0, 0.1) is 18.3 Å². The molecule has 0 aliphatic carbocycles. The number of nitrogens with one attached hydrogen (secondary N) is 1. The van der Waals surface area contributed by atoms with E-state index in [0.29, 0.717) is 23.2 Å². The molecule has 2 aromatic carbocycles. The molecule has 0 spiro atoms. The van der Waals surface area contributed by atoms with E-state index >= 15 is 0 Å². The van der Waals surface area contributed by atoms with E-state index in [0.717, 1.165) is 5.56 Å². The predicted molar refractivity (Wildman–Crippen MR) is 95.4 cm³/mol. The molecule has 4 heteroatoms. The third-order valence-corrected chi connectivity index (χ3v) is 3.42. The van der Waals surface area contributed by atoms with Crippen LogP contribution in [0.2, 0.25) is 0 Å². The fourth-order valence-electron chi connectivity index (χ4n) is 2.25. The maximum absolute atomic E-state index is 12.3. The fraction of sp³-hybridized carbons (Fsp3) is 0.100. The Morgan fingerprint density at radius 3 is 2.79 bits per heavy atom. The van der Waals surface area contributed by atoms with Gasteiger partial charge in [0, 0.05) is 5.69 Å². The standard InChI is InChI=1S/C20H18N2O2/c1-3-5-16-11-15(8-9-19(16)23)12-17(13-21)20(24)22-18-7-4-6-14(2)10-18/h3-4,6-12,23H,1,5H2,2H3,(H,22,24)/b17-12-. The van der Waals surface area contributed by atoms with Crippen molar-refractivity contribution in [1.82, 2.24) is 0 Å². The summed E-state index contributed by atoms with van der Waals surface area (Å²) >= 11 is 0. The van der Waals surface area contributed by atoms with Gasteiger partial charge in [0.05, 0.1) is 0 Å². The Kier molecular flexibility index (Phi) is 5.54. The van der Waals surface area contributed by atoms with Gasteiger partial charge in [-0.15, -0.1) is 6.58 Å². The zero-order valence-corrected chi connectivity index (χ0v) is 13.4. The van der Waals surface area contributed by atoms with E-state index in [1.807, 2.05) is 31.2 Å². The average Bonchev–Trinajstić information content (AvgIpc) is 2.55. The molecule has 0 saturated heterocycles. The Labute approximate surface area is 141 Å². The van der Waals surface area contributed by atoms with E-state index in [1.165, 1.54) is 12.1 Å². The summed E-state index contributed by atoms with van der Waals surface area (Å²) in [5, 5.41) is 21.8. The summed E-state index contributed by atoms with van der Waals surface area (Å²) in [6, 6.07) is 14.2. The zero-order chi connectivity index (χ0) is 17.5. The molecular weight excluding hydrogens is 300 g/mol. The second-order valence-electron chi connectivity index (χ2n) is 5.37. The van der Waals surface area contributed by atoms with Crippen LogP contribution in [0.1, 0.15) is 16.7 Å². The number of phenolic OH excluding ortho intramolecular Hbond substituents is 1. The van der Waals surface area contributed by atoms with Crippen molar-refractivity contribution in [1.29, 1.82) is 5.26 Å². The summed E-state index contributed by atoms with van der Waals surface area (Å²) < 4.78 is 0. The van der Waals surface area contributed by atoms with Crippen molar-refractivity contribution in [3.05, 3.63) is 77.4 Å². The van der Waals surface area contributed by atoms with E-state index in [1.54, 1.807) is 24.3 Å². The van der Waals surface area contributed by atoms with Crippen molar-refractivity contribution in [3.8, 4) is 11.8 Å². The van der Waals surface area contributed by atoms with Crippen molar-refractivity contribution < 1.29 is 9.90 Å². The molecule has 0 aliphatic heterocycles. The quantitative estimate of drug-likeness (QED) is 0.497. The van der Waals surface area contributed by atoms with Gasteiger partial charge in [-0.3, -0.25) is 4.79 Å². The number of allylic oxidation sites excluding steroid dienone is 1. The number of rotatable bonds is 5. The van der Waals surface area contributed by atoms with Crippen LogP contribution in [0.25, 0.3) is 6.08 Å². The molecule has 120 valence electrons. The normalized spacial score (nSPS) is 10.8. The van der Waals surface area contributed by atoms with Crippen LogP contribution < -0.4 is 5.32 Å². The molecular formula is C20H18N2O2. The van der Waals surface area contributed by atoms with Crippen molar-refractivity contribution in [2.45, 2.75) is 13.3 Å². The number of benzene rings is 2. The summed E-state index contributed by atoms with van der Waals surface area (Å²) in [5.74, 6) is -0.309. The first-order valence-corrected chi connectivity index (χ1v) is 7.46. The van der Waals surface area contributed by atoms with Crippen molar-refractivity contribution in [2.24, 2.45) is 0 Å². The third-order valence-electron chi connectivity index (χ3n) is 3.42. The van der Waals surface area contributed by atoms with Gasteiger partial charge in [0.15, 0.2) is 0 Å². The second kappa shape index (κ2) is 7.80. The lowest BCUT2D eigenvalue weighted by Crippen LogP contribution is -2.13. The largest absolute Gasteiger partial charge is 0.508 e. The molecule has 4 nitrogen and oxygen atoms in total. The van der Waals surface area contributed by atoms with Gasteiger partial charge in [-0.25, -0.2) is 0 Å². The minimum atomic E-state index is -0.471. The minimum Gasteiger partial charge on any atom is -0.508 e. The summed E-state index contributed by atoms with van der Waals surface area (Å²) in [5.41, 5.74) is 3.00. The van der Waals surface area contributed by atoms with Crippen molar-refractivity contribution in [3.63, 3.8) is 0 Å². The number of aromatic hydroxyl groups is 1. The lowest BCUT2D eigenvalue weighted by molar-refractivity contribution is -0.112. The molecule has 0 atom stereocenters. The molecule has 0 aromatic heterocycles. The van der Waals surface area contributed by atoms with Gasteiger partial charge in [-0.2, -0.15) is 5.26 Å². The second-order valence-corrected chi connectivity index (χ2v) is 5.37. The maximum Gasteiger partial charge on any atom is 0.266 e. The molecule has 0 bridgehead atoms. The molecule has 0 unspecified atom stereocenters. The molecule has 2 aromatic rings. The summed E-state index contributed by atoms with van der Waals surface area (Å²) in [7, 11) is 0. The van der Waals surface area contributed by atoms with Crippen LogP contribution >= 0.6 is 0 Å². The fourth-order valence-corrected chi connectivity index (χ4v) is 2.25. The lowest BCUT2D eigenvalue weighted by Gasteiger charge is -2.06. The van der Waals surface area contributed by atoms with Crippen LogP contribution in [0.15, 0.2) is 60.7 Å². The first-order chi connectivity index (χ1) is 11.5. The Morgan fingerprint density at radius 1 is 1.33 bits per heavy atom. The highest BCUT2D eigenvalue weighted by atomic mass is 16.3. The summed E-state index contributed by atoms with van der Waals surface area (Å²) in [4.78, 5) is 12.3. The van der Waals surface area contributed by atoms with Crippen LogP contribution in [-0.4, -0.2) is 11.0 Å². The summed E-state index contributed by atoms with van der Waals surface area (Å²) in [6.07, 6.45) is 3.68. The third kappa shape index (κ3) is 4.34. The topological polar surface area (TPSA) is 73.1 Å². The van der Waals surface area contributed by atoms with Gasteiger partial charge >= 0.3 is 0 Å². The first kappa shape index (κ1) is 17.0. The van der Waals surface area contributed by atoms with Crippen LogP contribution in [0.5, 0.6) is 5.75 Å². The highest BCUT2D eigenvalue weighted by Gasteiger charge is 2.10. The molecule has 1 amide bonds. The van der Waals surface area contributed by atoms with Gasteiger partial charge in [0.1, 0.15) is 17.4 Å². The number of aryl methyl sites for hydroxylation is 1. The van der Waals surface area contributed by atoms with Crippen LogP contribution in [-0.2, 0) is 11.2 Å². The number of carbonyl (C=O) groups is 1. The Hall–Kier alpha value is -3.32. The number of amides is 1. The Morgan fingerprint density at radius 2 is 2.12 bits per heavy atom. The molecule has 0 fully saturated rings. The summed E-state index contributed by atoms with van der Waals surface area (Å²) in [6.45, 7) is 5.57. The molecule has 0 radical (unpaired) electrons. The maximum atomic E-state index is 12.3. The smallest absolute Gasteiger partial charge is 0.266 e. The van der Waals surface area contributed by atoms with Crippen molar-refractivity contribution >= 4 is 17.7 Å². The Bertz CT molecular complexity index is 845. The number of hydrogen-bond donors (Lipinski definition) is 2. The number of carbonyl (C=O) groups excluding carboxylic acids is 1. The predicted octanol–water partition coefficient (Wildman–Crippen LogP) is 3.97. The monoisotopic (exact) mass is 318 g/mol. The number of nitriles is 1. The van der Waals surface area contributed by atoms with Gasteiger partial charge < -0.3 is 10.4 Å². The van der Waals surface area contributed by atoms with E-state index in [2.05, 4.69) is 11.9 Å². The highest BCUT2D eigenvalue weighted by molar-refractivity contribution is 6.09. The van der Waals surface area contributed by atoms with Gasteiger partial charge in [-0.1, -0.05) is 24.3 Å². The van der Waals surface area contributed by atoms with E-state index in [4.69, 9.17) is 0 Å². The first-order valence-electron chi connectivity index (χ1n) is 7.46. The van der Waals surface area contributed by atoms with Gasteiger partial charge in [0.2, 0.25) is 0 Å². The number of phenols is 1. The average molecular weight is 318 g/mol. The number of hydrogen-bond acceptors (Lipinski definition) is 3. The minimum absolute atomic E-state index is 0.00764.